The Labute approximate surface area is 67.0 Å². The number of nitrogens with zero attached hydrogens (tertiary/aromatic N) is 1. The lowest BCUT2D eigenvalue weighted by Gasteiger charge is -2.12. The number of carboxylic acids is 1. The van der Waals surface area contributed by atoms with Crippen molar-refractivity contribution < 1.29 is 9.90 Å². The number of aliphatic carboxylic acids is 1. The van der Waals surface area contributed by atoms with Crippen LogP contribution in [0.3, 0.4) is 0 Å². The smallest absolute Gasteiger partial charge is 0.317 e. The van der Waals surface area contributed by atoms with Gasteiger partial charge in [-0.25, -0.2) is 0 Å². The van der Waals surface area contributed by atoms with Gasteiger partial charge in [-0.1, -0.05) is 0 Å². The maximum Gasteiger partial charge on any atom is 0.317 e. The summed E-state index contributed by atoms with van der Waals surface area (Å²) in [5, 5.41) is 8.37. The molecule has 0 aliphatic carbocycles. The van der Waals surface area contributed by atoms with Crippen LogP contribution in [0, 0.1) is 0 Å². The second-order valence-corrected chi connectivity index (χ2v) is 2.63. The molecule has 0 atom stereocenters. The van der Waals surface area contributed by atoms with E-state index >= 15 is 0 Å². The summed E-state index contributed by atoms with van der Waals surface area (Å²) < 4.78 is 0. The third kappa shape index (κ3) is 7.29. The highest BCUT2D eigenvalue weighted by atomic mass is 16.4. The molecule has 0 rings (SSSR count). The number of rotatable bonds is 6. The molecule has 0 aromatic heterocycles. The van der Waals surface area contributed by atoms with Gasteiger partial charge in [-0.05, 0) is 33.0 Å². The molecule has 11 heavy (non-hydrogen) atoms. The number of hydrogen-bond acceptors (Lipinski definition) is 3. The van der Waals surface area contributed by atoms with Crippen LogP contribution in [-0.4, -0.2) is 42.7 Å². The van der Waals surface area contributed by atoms with Gasteiger partial charge in [0, 0.05) is 0 Å². The maximum atomic E-state index is 10.2. The largest absolute Gasteiger partial charge is 0.480 e. The van der Waals surface area contributed by atoms with E-state index in [2.05, 4.69) is 0 Å². The van der Waals surface area contributed by atoms with Crippen LogP contribution in [0.5, 0.6) is 0 Å². The second-order valence-electron chi connectivity index (χ2n) is 2.63. The van der Waals surface area contributed by atoms with Crippen molar-refractivity contribution in [3.8, 4) is 0 Å². The zero-order chi connectivity index (χ0) is 8.69. The van der Waals surface area contributed by atoms with Gasteiger partial charge in [0.05, 0.1) is 6.54 Å². The van der Waals surface area contributed by atoms with E-state index in [-0.39, 0.29) is 6.54 Å². The third-order valence-electron chi connectivity index (χ3n) is 1.40. The van der Waals surface area contributed by atoms with Gasteiger partial charge in [0.1, 0.15) is 0 Å². The zero-order valence-electron chi connectivity index (χ0n) is 6.92. The molecule has 0 saturated carbocycles. The maximum absolute atomic E-state index is 10.2. The van der Waals surface area contributed by atoms with Crippen molar-refractivity contribution in [1.29, 1.82) is 0 Å². The summed E-state index contributed by atoms with van der Waals surface area (Å²) in [5.74, 6) is -0.778. The van der Waals surface area contributed by atoms with E-state index in [4.69, 9.17) is 10.8 Å². The average Bonchev–Trinajstić information content (AvgIpc) is 1.86. The third-order valence-corrected chi connectivity index (χ3v) is 1.40. The van der Waals surface area contributed by atoms with E-state index in [1.165, 1.54) is 0 Å². The summed E-state index contributed by atoms with van der Waals surface area (Å²) in [7, 11) is 1.80. The minimum atomic E-state index is -0.778. The molecule has 0 aliphatic heterocycles. The molecule has 0 heterocycles. The molecule has 0 saturated heterocycles. The molecule has 0 radical (unpaired) electrons. The molecule has 0 fully saturated rings. The fourth-order valence-electron chi connectivity index (χ4n) is 0.836. The van der Waals surface area contributed by atoms with E-state index in [9.17, 15) is 4.79 Å². The Hall–Kier alpha value is -0.610. The predicted octanol–water partition coefficient (Wildman–Crippen LogP) is -0.258. The van der Waals surface area contributed by atoms with Gasteiger partial charge in [-0.3, -0.25) is 9.69 Å². The van der Waals surface area contributed by atoms with E-state index < -0.39 is 5.97 Å². The van der Waals surface area contributed by atoms with Gasteiger partial charge >= 0.3 is 5.97 Å². The first-order valence-corrected chi connectivity index (χ1v) is 3.77. The highest BCUT2D eigenvalue weighted by Crippen LogP contribution is 1.90. The van der Waals surface area contributed by atoms with Crippen molar-refractivity contribution in [2.45, 2.75) is 12.8 Å². The number of carboxylic acid groups (broad SMARTS) is 1. The molecule has 0 aromatic carbocycles. The molecule has 4 heteroatoms. The van der Waals surface area contributed by atoms with Crippen LogP contribution in [0.4, 0.5) is 0 Å². The van der Waals surface area contributed by atoms with Crippen LogP contribution in [0.25, 0.3) is 0 Å². The Bertz CT molecular complexity index is 117. The summed E-state index contributed by atoms with van der Waals surface area (Å²) in [6.07, 6.45) is 1.93. The van der Waals surface area contributed by atoms with Crippen LogP contribution in [0.1, 0.15) is 12.8 Å². The molecule has 4 nitrogen and oxygen atoms in total. The molecular weight excluding hydrogens is 144 g/mol. The van der Waals surface area contributed by atoms with Gasteiger partial charge in [-0.15, -0.1) is 0 Å². The van der Waals surface area contributed by atoms with E-state index in [0.717, 1.165) is 19.4 Å². The highest BCUT2D eigenvalue weighted by molar-refractivity contribution is 5.68. The first-order valence-electron chi connectivity index (χ1n) is 3.77. The monoisotopic (exact) mass is 160 g/mol. The molecule has 0 aliphatic rings. The molecule has 3 N–H and O–H groups in total. The Morgan fingerprint density at radius 1 is 1.55 bits per heavy atom. The van der Waals surface area contributed by atoms with Crippen molar-refractivity contribution in [1.82, 2.24) is 4.90 Å². The first kappa shape index (κ1) is 10.4. The van der Waals surface area contributed by atoms with Crippen LogP contribution in [-0.2, 0) is 4.79 Å². The minimum Gasteiger partial charge on any atom is -0.480 e. The number of nitrogens with two attached hydrogens (primary N) is 1. The van der Waals surface area contributed by atoms with Crippen molar-refractivity contribution in [2.75, 3.05) is 26.7 Å². The predicted molar refractivity (Wildman–Crippen MR) is 43.4 cm³/mol. The van der Waals surface area contributed by atoms with Gasteiger partial charge in [0.25, 0.3) is 0 Å². The molecule has 0 bridgehead atoms. The molecule has 0 unspecified atom stereocenters. The standard InChI is InChI=1S/C7H16N2O2/c1-9(6-7(10)11)5-3-2-4-8/h2-6,8H2,1H3,(H,10,11). The number of likely N-dealkylation sites (N-methyl/N-ethyl adjacent to an activating group) is 1. The quantitative estimate of drug-likeness (QED) is 0.525. The molecule has 66 valence electrons. The second kappa shape index (κ2) is 6.12. The number of hydrogen-bond donors (Lipinski definition) is 2. The molecule has 0 spiro atoms. The van der Waals surface area contributed by atoms with Crippen LogP contribution in [0.2, 0.25) is 0 Å². The van der Waals surface area contributed by atoms with Crippen molar-refractivity contribution in [2.24, 2.45) is 5.73 Å². The molecule has 0 amide bonds. The Morgan fingerprint density at radius 2 is 2.18 bits per heavy atom. The Morgan fingerprint density at radius 3 is 2.64 bits per heavy atom. The lowest BCUT2D eigenvalue weighted by molar-refractivity contribution is -0.137. The Balaban J connectivity index is 3.22. The zero-order valence-corrected chi connectivity index (χ0v) is 6.92. The van der Waals surface area contributed by atoms with E-state index in [1.807, 2.05) is 0 Å². The lowest BCUT2D eigenvalue weighted by Crippen LogP contribution is -2.26. The number of carbonyl (C=O) groups is 1. The summed E-state index contributed by atoms with van der Waals surface area (Å²) in [6, 6.07) is 0. The van der Waals surface area contributed by atoms with E-state index in [0.29, 0.717) is 6.54 Å². The van der Waals surface area contributed by atoms with Gasteiger partial charge in [0.15, 0.2) is 0 Å². The fraction of sp³-hybridized carbons (Fsp3) is 0.857. The molecular formula is C7H16N2O2. The van der Waals surface area contributed by atoms with Gasteiger partial charge < -0.3 is 10.8 Å². The minimum absolute atomic E-state index is 0.116. The summed E-state index contributed by atoms with van der Waals surface area (Å²) in [6.45, 7) is 1.61. The summed E-state index contributed by atoms with van der Waals surface area (Å²) in [4.78, 5) is 12.0. The lowest BCUT2D eigenvalue weighted by atomic mass is 10.3. The summed E-state index contributed by atoms with van der Waals surface area (Å²) in [5.41, 5.74) is 5.28. The highest BCUT2D eigenvalue weighted by Gasteiger charge is 2.02. The van der Waals surface area contributed by atoms with Crippen LogP contribution < -0.4 is 5.73 Å². The van der Waals surface area contributed by atoms with Crippen LogP contribution >= 0.6 is 0 Å². The van der Waals surface area contributed by atoms with E-state index in [1.54, 1.807) is 11.9 Å². The first-order chi connectivity index (χ1) is 5.16. The van der Waals surface area contributed by atoms with Gasteiger partial charge in [-0.2, -0.15) is 0 Å². The van der Waals surface area contributed by atoms with Crippen molar-refractivity contribution >= 4 is 5.97 Å². The number of unbranched alkanes of at least 4 members (excludes halogenated alkanes) is 1. The van der Waals surface area contributed by atoms with Crippen LogP contribution in [0.15, 0.2) is 0 Å². The SMILES string of the molecule is CN(CCCCN)CC(=O)O. The Kier molecular flexibility index (Phi) is 5.78. The normalized spacial score (nSPS) is 10.5. The van der Waals surface area contributed by atoms with Crippen molar-refractivity contribution in [3.05, 3.63) is 0 Å². The fourth-order valence-corrected chi connectivity index (χ4v) is 0.836. The summed E-state index contributed by atoms with van der Waals surface area (Å²) >= 11 is 0. The van der Waals surface area contributed by atoms with Crippen molar-refractivity contribution in [3.63, 3.8) is 0 Å². The topological polar surface area (TPSA) is 66.6 Å². The average molecular weight is 160 g/mol. The van der Waals surface area contributed by atoms with Gasteiger partial charge in [0.2, 0.25) is 0 Å². The molecule has 0 aromatic rings.